The van der Waals surface area contributed by atoms with Crippen LogP contribution in [-0.2, 0) is 6.54 Å². The van der Waals surface area contributed by atoms with Crippen molar-refractivity contribution in [2.24, 2.45) is 0 Å². The van der Waals surface area contributed by atoms with Crippen LogP contribution in [-0.4, -0.2) is 43.0 Å². The fourth-order valence-corrected chi connectivity index (χ4v) is 2.35. The molecule has 0 bridgehead atoms. The van der Waals surface area contributed by atoms with E-state index < -0.39 is 0 Å². The van der Waals surface area contributed by atoms with Crippen LogP contribution in [0.5, 0.6) is 0 Å². The van der Waals surface area contributed by atoms with Crippen LogP contribution in [0.2, 0.25) is 0 Å². The highest BCUT2D eigenvalue weighted by Gasteiger charge is 2.13. The van der Waals surface area contributed by atoms with Gasteiger partial charge in [0.1, 0.15) is 0 Å². The average molecular weight is 269 g/mol. The van der Waals surface area contributed by atoms with Crippen LogP contribution in [0.15, 0.2) is 28.7 Å². The Kier molecular flexibility index (Phi) is 3.78. The van der Waals surface area contributed by atoms with Gasteiger partial charge >= 0.3 is 0 Å². The van der Waals surface area contributed by atoms with Crippen molar-refractivity contribution in [3.63, 3.8) is 0 Å². The highest BCUT2D eigenvalue weighted by molar-refractivity contribution is 9.10. The molecule has 0 amide bonds. The first kappa shape index (κ1) is 11.1. The molecule has 1 aliphatic rings. The van der Waals surface area contributed by atoms with Gasteiger partial charge in [0.05, 0.1) is 0 Å². The summed E-state index contributed by atoms with van der Waals surface area (Å²) in [5.41, 5.74) is 1.40. The Labute approximate surface area is 100 Å². The molecule has 0 unspecified atom stereocenters. The smallest absolute Gasteiger partial charge is 0.0235 e. The first-order valence-electron chi connectivity index (χ1n) is 5.39. The quantitative estimate of drug-likeness (QED) is 0.812. The van der Waals surface area contributed by atoms with Gasteiger partial charge in [-0.25, -0.2) is 0 Å². The normalized spacial score (nSPS) is 19.3. The number of nitrogens with zero attached hydrogens (tertiary/aromatic N) is 2. The van der Waals surface area contributed by atoms with Gasteiger partial charge in [0.25, 0.3) is 0 Å². The molecule has 2 nitrogen and oxygen atoms in total. The molecule has 1 aromatic rings. The van der Waals surface area contributed by atoms with E-state index >= 15 is 0 Å². The van der Waals surface area contributed by atoms with Crippen molar-refractivity contribution in [3.8, 4) is 0 Å². The second kappa shape index (κ2) is 5.10. The fourth-order valence-electron chi connectivity index (χ4n) is 1.90. The van der Waals surface area contributed by atoms with Gasteiger partial charge in [-0.15, -0.1) is 0 Å². The maximum atomic E-state index is 3.51. The first-order valence-corrected chi connectivity index (χ1v) is 6.19. The fraction of sp³-hybridized carbons (Fsp3) is 0.500. The summed E-state index contributed by atoms with van der Waals surface area (Å²) in [6.45, 7) is 5.82. The van der Waals surface area contributed by atoms with Crippen molar-refractivity contribution >= 4 is 15.9 Å². The van der Waals surface area contributed by atoms with E-state index in [1.165, 1.54) is 36.2 Å². The van der Waals surface area contributed by atoms with Crippen LogP contribution in [0.1, 0.15) is 5.56 Å². The summed E-state index contributed by atoms with van der Waals surface area (Å²) in [5, 5.41) is 0. The molecule has 2 rings (SSSR count). The standard InChI is InChI=1S/C12H17BrN2/c1-14-5-7-15(8-6-14)10-11-3-2-4-12(13)9-11/h2-4,9H,5-8,10H2,1H3. The highest BCUT2D eigenvalue weighted by Crippen LogP contribution is 2.14. The predicted molar refractivity (Wildman–Crippen MR) is 66.9 cm³/mol. The maximum absolute atomic E-state index is 3.51. The largest absolute Gasteiger partial charge is 0.304 e. The van der Waals surface area contributed by atoms with E-state index in [4.69, 9.17) is 0 Å². The Morgan fingerprint density at radius 2 is 1.93 bits per heavy atom. The number of piperazine rings is 1. The molecule has 0 aliphatic carbocycles. The zero-order valence-corrected chi connectivity index (χ0v) is 10.7. The zero-order valence-electron chi connectivity index (χ0n) is 9.12. The zero-order chi connectivity index (χ0) is 10.7. The molecule has 0 radical (unpaired) electrons. The number of hydrogen-bond acceptors (Lipinski definition) is 2. The number of likely N-dealkylation sites (N-methyl/N-ethyl adjacent to an activating group) is 1. The lowest BCUT2D eigenvalue weighted by molar-refractivity contribution is 0.148. The van der Waals surface area contributed by atoms with E-state index in [9.17, 15) is 0 Å². The van der Waals surface area contributed by atoms with E-state index in [1.54, 1.807) is 0 Å². The van der Waals surface area contributed by atoms with Crippen molar-refractivity contribution in [3.05, 3.63) is 34.3 Å². The minimum Gasteiger partial charge on any atom is -0.304 e. The number of hydrogen-bond donors (Lipinski definition) is 0. The van der Waals surface area contributed by atoms with Crippen LogP contribution in [0.4, 0.5) is 0 Å². The Hall–Kier alpha value is -0.380. The van der Waals surface area contributed by atoms with Crippen molar-refractivity contribution in [2.75, 3.05) is 33.2 Å². The third kappa shape index (κ3) is 3.30. The summed E-state index contributed by atoms with van der Waals surface area (Å²) in [7, 11) is 2.19. The van der Waals surface area contributed by atoms with Crippen molar-refractivity contribution in [2.45, 2.75) is 6.54 Å². The monoisotopic (exact) mass is 268 g/mol. The molecule has 0 N–H and O–H groups in total. The molecule has 3 heteroatoms. The van der Waals surface area contributed by atoms with Gasteiger partial charge in [-0.05, 0) is 24.7 Å². The van der Waals surface area contributed by atoms with Gasteiger partial charge in [0, 0.05) is 37.2 Å². The molecule has 0 aromatic heterocycles. The SMILES string of the molecule is CN1CCN(Cc2cccc(Br)c2)CC1. The van der Waals surface area contributed by atoms with Crippen LogP contribution >= 0.6 is 15.9 Å². The Morgan fingerprint density at radius 1 is 1.20 bits per heavy atom. The molecular weight excluding hydrogens is 252 g/mol. The predicted octanol–water partition coefficient (Wildman–Crippen LogP) is 2.20. The third-order valence-corrected chi connectivity index (χ3v) is 3.38. The van der Waals surface area contributed by atoms with Gasteiger partial charge in [-0.1, -0.05) is 28.1 Å². The van der Waals surface area contributed by atoms with Gasteiger partial charge < -0.3 is 4.90 Å². The summed E-state index contributed by atoms with van der Waals surface area (Å²) in [5.74, 6) is 0. The maximum Gasteiger partial charge on any atom is 0.0235 e. The van der Waals surface area contributed by atoms with Gasteiger partial charge in [0.15, 0.2) is 0 Å². The van der Waals surface area contributed by atoms with E-state index in [0.717, 1.165) is 6.54 Å². The summed E-state index contributed by atoms with van der Waals surface area (Å²) in [6.07, 6.45) is 0. The van der Waals surface area contributed by atoms with E-state index in [-0.39, 0.29) is 0 Å². The van der Waals surface area contributed by atoms with Crippen LogP contribution in [0, 0.1) is 0 Å². The topological polar surface area (TPSA) is 6.48 Å². The summed E-state index contributed by atoms with van der Waals surface area (Å²) in [6, 6.07) is 8.59. The lowest BCUT2D eigenvalue weighted by atomic mass is 10.2. The third-order valence-electron chi connectivity index (χ3n) is 2.89. The first-order chi connectivity index (χ1) is 7.24. The molecule has 0 spiro atoms. The lowest BCUT2D eigenvalue weighted by Crippen LogP contribution is -2.43. The molecule has 15 heavy (non-hydrogen) atoms. The van der Waals surface area contributed by atoms with E-state index in [0.29, 0.717) is 0 Å². The van der Waals surface area contributed by atoms with Gasteiger partial charge in [-0.2, -0.15) is 0 Å². The van der Waals surface area contributed by atoms with Crippen LogP contribution in [0.3, 0.4) is 0 Å². The number of rotatable bonds is 2. The van der Waals surface area contributed by atoms with Crippen LogP contribution < -0.4 is 0 Å². The molecule has 0 atom stereocenters. The Balaban J connectivity index is 1.92. The molecule has 1 aromatic carbocycles. The van der Waals surface area contributed by atoms with Crippen LogP contribution in [0.25, 0.3) is 0 Å². The Morgan fingerprint density at radius 3 is 2.60 bits per heavy atom. The molecule has 1 aliphatic heterocycles. The van der Waals surface area contributed by atoms with E-state index in [2.05, 4.69) is 57.0 Å². The molecule has 1 heterocycles. The van der Waals surface area contributed by atoms with Crippen molar-refractivity contribution < 1.29 is 0 Å². The van der Waals surface area contributed by atoms with E-state index in [1.807, 2.05) is 0 Å². The highest BCUT2D eigenvalue weighted by atomic mass is 79.9. The molecule has 82 valence electrons. The van der Waals surface area contributed by atoms with Gasteiger partial charge in [0.2, 0.25) is 0 Å². The second-order valence-corrected chi connectivity index (χ2v) is 5.13. The minimum absolute atomic E-state index is 1.08. The number of halogens is 1. The van der Waals surface area contributed by atoms with Crippen molar-refractivity contribution in [1.29, 1.82) is 0 Å². The average Bonchev–Trinajstić information content (AvgIpc) is 2.22. The Bertz CT molecular complexity index is 319. The summed E-state index contributed by atoms with van der Waals surface area (Å²) >= 11 is 3.51. The molecular formula is C12H17BrN2. The van der Waals surface area contributed by atoms with Gasteiger partial charge in [-0.3, -0.25) is 4.90 Å². The molecule has 1 saturated heterocycles. The lowest BCUT2D eigenvalue weighted by Gasteiger charge is -2.32. The van der Waals surface area contributed by atoms with Crippen molar-refractivity contribution in [1.82, 2.24) is 9.80 Å². The minimum atomic E-state index is 1.08. The molecule has 1 fully saturated rings. The molecule has 0 saturated carbocycles. The number of benzene rings is 1. The summed E-state index contributed by atoms with van der Waals surface area (Å²) in [4.78, 5) is 4.90. The second-order valence-electron chi connectivity index (χ2n) is 4.21. The summed E-state index contributed by atoms with van der Waals surface area (Å²) < 4.78 is 1.18.